The Bertz CT molecular complexity index is 676. The maximum absolute atomic E-state index is 12.6. The number of amides is 1. The van der Waals surface area contributed by atoms with Gasteiger partial charge in [-0.2, -0.15) is 13.2 Å². The van der Waals surface area contributed by atoms with E-state index in [0.29, 0.717) is 24.1 Å². The predicted molar refractivity (Wildman–Crippen MR) is 70.0 cm³/mol. The van der Waals surface area contributed by atoms with E-state index in [-0.39, 0.29) is 24.8 Å². The van der Waals surface area contributed by atoms with Crippen LogP contribution in [0.25, 0.3) is 5.65 Å². The van der Waals surface area contributed by atoms with Gasteiger partial charge in [0.2, 0.25) is 0 Å². The number of hydrogen-bond donors (Lipinski definition) is 1. The summed E-state index contributed by atoms with van der Waals surface area (Å²) in [7, 11) is 0. The first-order chi connectivity index (χ1) is 10.4. The first kappa shape index (κ1) is 14.7. The highest BCUT2D eigenvalue weighted by Gasteiger charge is 2.41. The molecule has 0 bridgehead atoms. The van der Waals surface area contributed by atoms with Crippen LogP contribution in [-0.2, 0) is 0 Å². The highest BCUT2D eigenvalue weighted by molar-refractivity contribution is 5.95. The molecule has 0 aromatic carbocycles. The maximum atomic E-state index is 12.6. The minimum atomic E-state index is -4.14. The van der Waals surface area contributed by atoms with E-state index in [0.717, 1.165) is 0 Å². The number of tetrazole rings is 1. The first-order valence-corrected chi connectivity index (χ1v) is 6.99. The number of nitrogens with one attached hydrogen (secondary N) is 1. The lowest BCUT2D eigenvalue weighted by molar-refractivity contribution is -0.182. The van der Waals surface area contributed by atoms with Gasteiger partial charge in [0.25, 0.3) is 5.91 Å². The van der Waals surface area contributed by atoms with E-state index < -0.39 is 12.1 Å². The molecule has 0 radical (unpaired) electrons. The molecule has 1 amide bonds. The summed E-state index contributed by atoms with van der Waals surface area (Å²) in [4.78, 5) is 12.1. The second-order valence-corrected chi connectivity index (χ2v) is 5.46. The van der Waals surface area contributed by atoms with Gasteiger partial charge >= 0.3 is 6.18 Å². The number of fused-ring (bicyclic) bond motifs is 1. The molecule has 118 valence electrons. The quantitative estimate of drug-likeness (QED) is 0.920. The molecule has 1 N–H and O–H groups in total. The zero-order valence-electron chi connectivity index (χ0n) is 11.5. The van der Waals surface area contributed by atoms with Crippen molar-refractivity contribution in [3.05, 3.63) is 23.9 Å². The molecule has 0 atom stereocenters. The van der Waals surface area contributed by atoms with Crippen LogP contribution in [0, 0.1) is 5.92 Å². The molecule has 2 aromatic heterocycles. The molecule has 0 spiro atoms. The lowest BCUT2D eigenvalue weighted by Crippen LogP contribution is -2.40. The van der Waals surface area contributed by atoms with E-state index in [2.05, 4.69) is 20.8 Å². The van der Waals surface area contributed by atoms with Crippen LogP contribution in [0.2, 0.25) is 0 Å². The fourth-order valence-electron chi connectivity index (χ4n) is 2.71. The molecule has 1 aliphatic carbocycles. The number of carbonyl (C=O) groups is 1. The van der Waals surface area contributed by atoms with Crippen molar-refractivity contribution in [3.63, 3.8) is 0 Å². The third-order valence-corrected chi connectivity index (χ3v) is 3.99. The van der Waals surface area contributed by atoms with Crippen LogP contribution >= 0.6 is 0 Å². The third-order valence-electron chi connectivity index (χ3n) is 3.99. The number of hydrogen-bond acceptors (Lipinski definition) is 4. The van der Waals surface area contributed by atoms with E-state index in [1.807, 2.05) is 0 Å². The molecule has 1 fully saturated rings. The van der Waals surface area contributed by atoms with Gasteiger partial charge in [-0.25, -0.2) is 4.52 Å². The zero-order valence-corrected chi connectivity index (χ0v) is 11.5. The van der Waals surface area contributed by atoms with Crippen molar-refractivity contribution in [2.45, 2.75) is 37.9 Å². The van der Waals surface area contributed by atoms with Gasteiger partial charge < -0.3 is 5.32 Å². The largest absolute Gasteiger partial charge is 0.391 e. The Hall–Kier alpha value is -2.19. The topological polar surface area (TPSA) is 72.2 Å². The first-order valence-electron chi connectivity index (χ1n) is 6.99. The minimum Gasteiger partial charge on any atom is -0.349 e. The predicted octanol–water partition coefficient (Wildman–Crippen LogP) is 1.98. The van der Waals surface area contributed by atoms with Crippen molar-refractivity contribution in [2.75, 3.05) is 0 Å². The molecule has 0 aliphatic heterocycles. The van der Waals surface area contributed by atoms with Gasteiger partial charge in [0.1, 0.15) is 0 Å². The molecule has 9 heteroatoms. The zero-order chi connectivity index (χ0) is 15.7. The fraction of sp³-hybridized carbons (Fsp3) is 0.538. The molecular weight excluding hydrogens is 299 g/mol. The molecule has 1 saturated carbocycles. The molecule has 6 nitrogen and oxygen atoms in total. The summed E-state index contributed by atoms with van der Waals surface area (Å²) in [6.45, 7) is 0. The van der Waals surface area contributed by atoms with Crippen molar-refractivity contribution in [2.24, 2.45) is 5.92 Å². The molecule has 1 aliphatic rings. The minimum absolute atomic E-state index is 0.0571. The van der Waals surface area contributed by atoms with Crippen LogP contribution < -0.4 is 5.32 Å². The molecular formula is C13H14F3N5O. The van der Waals surface area contributed by atoms with Crippen LogP contribution in [0.5, 0.6) is 0 Å². The van der Waals surface area contributed by atoms with Crippen LogP contribution in [-0.4, -0.2) is 38.2 Å². The monoisotopic (exact) mass is 313 g/mol. The second kappa shape index (κ2) is 5.54. The summed E-state index contributed by atoms with van der Waals surface area (Å²) in [5.74, 6) is -1.57. The average Bonchev–Trinajstić information content (AvgIpc) is 2.94. The Kier molecular flexibility index (Phi) is 3.71. The summed E-state index contributed by atoms with van der Waals surface area (Å²) < 4.78 is 39.2. The summed E-state index contributed by atoms with van der Waals surface area (Å²) in [5.41, 5.74) is 0.827. The Balaban J connectivity index is 1.60. The summed E-state index contributed by atoms with van der Waals surface area (Å²) >= 11 is 0. The van der Waals surface area contributed by atoms with E-state index in [4.69, 9.17) is 0 Å². The van der Waals surface area contributed by atoms with E-state index in [1.54, 1.807) is 12.3 Å². The van der Waals surface area contributed by atoms with Crippen LogP contribution in [0.15, 0.2) is 18.3 Å². The number of halogens is 3. The maximum Gasteiger partial charge on any atom is 0.391 e. The molecule has 2 aromatic rings. The van der Waals surface area contributed by atoms with Gasteiger partial charge in [0.15, 0.2) is 5.65 Å². The molecule has 3 rings (SSSR count). The van der Waals surface area contributed by atoms with Crippen LogP contribution in [0.3, 0.4) is 0 Å². The van der Waals surface area contributed by atoms with Crippen molar-refractivity contribution in [1.82, 2.24) is 25.4 Å². The number of carbonyl (C=O) groups excluding carboxylic acids is 1. The van der Waals surface area contributed by atoms with E-state index in [1.165, 1.54) is 10.6 Å². The number of nitrogens with zero attached hydrogens (tertiary/aromatic N) is 4. The lowest BCUT2D eigenvalue weighted by atomic mass is 9.85. The fourth-order valence-corrected chi connectivity index (χ4v) is 2.71. The van der Waals surface area contributed by atoms with Gasteiger partial charge in [-0.3, -0.25) is 4.79 Å². The SMILES string of the molecule is O=C(NC1CCC(C(F)(F)F)CC1)c1ccn2nnnc2c1. The molecule has 22 heavy (non-hydrogen) atoms. The third kappa shape index (κ3) is 3.02. The van der Waals surface area contributed by atoms with Crippen molar-refractivity contribution >= 4 is 11.6 Å². The molecule has 0 unspecified atom stereocenters. The summed E-state index contributed by atoms with van der Waals surface area (Å²) in [6, 6.07) is 2.88. The van der Waals surface area contributed by atoms with Crippen molar-refractivity contribution in [1.29, 1.82) is 0 Å². The highest BCUT2D eigenvalue weighted by atomic mass is 19.4. The standard InChI is InChI=1S/C13H14F3N5O/c14-13(15,16)9-1-3-10(4-2-9)17-12(22)8-5-6-21-11(7-8)18-19-20-21/h5-7,9-10H,1-4H2,(H,17,22). The highest BCUT2D eigenvalue weighted by Crippen LogP contribution is 2.37. The summed E-state index contributed by atoms with van der Waals surface area (Å²) in [5, 5.41) is 13.7. The van der Waals surface area contributed by atoms with Crippen LogP contribution in [0.4, 0.5) is 13.2 Å². The number of rotatable bonds is 2. The van der Waals surface area contributed by atoms with Gasteiger partial charge in [-0.15, -0.1) is 5.10 Å². The second-order valence-electron chi connectivity index (χ2n) is 5.46. The van der Waals surface area contributed by atoms with E-state index in [9.17, 15) is 18.0 Å². The van der Waals surface area contributed by atoms with Gasteiger partial charge in [0, 0.05) is 17.8 Å². The normalized spacial score (nSPS) is 22.7. The Morgan fingerprint density at radius 3 is 2.68 bits per heavy atom. The number of pyridine rings is 1. The summed E-state index contributed by atoms with van der Waals surface area (Å²) in [6.07, 6.45) is -1.79. The van der Waals surface area contributed by atoms with E-state index >= 15 is 0 Å². The van der Waals surface area contributed by atoms with Crippen molar-refractivity contribution in [3.8, 4) is 0 Å². The Morgan fingerprint density at radius 2 is 2.00 bits per heavy atom. The smallest absolute Gasteiger partial charge is 0.349 e. The Labute approximate surface area is 123 Å². The van der Waals surface area contributed by atoms with Gasteiger partial charge in [-0.1, -0.05) is 0 Å². The number of aromatic nitrogens is 4. The molecule has 0 saturated heterocycles. The van der Waals surface area contributed by atoms with Crippen LogP contribution in [0.1, 0.15) is 36.0 Å². The average molecular weight is 313 g/mol. The van der Waals surface area contributed by atoms with Crippen molar-refractivity contribution < 1.29 is 18.0 Å². The Morgan fingerprint density at radius 1 is 1.27 bits per heavy atom. The number of alkyl halides is 3. The van der Waals surface area contributed by atoms with Gasteiger partial charge in [0.05, 0.1) is 5.92 Å². The lowest BCUT2D eigenvalue weighted by Gasteiger charge is -2.30. The van der Waals surface area contributed by atoms with Gasteiger partial charge in [-0.05, 0) is 48.2 Å². The molecule has 2 heterocycles.